The third kappa shape index (κ3) is 7.41. The van der Waals surface area contributed by atoms with E-state index in [1.54, 1.807) is 30.3 Å². The third-order valence-corrected chi connectivity index (χ3v) is 8.55. The lowest BCUT2D eigenvalue weighted by atomic mass is 9.85. The summed E-state index contributed by atoms with van der Waals surface area (Å²) in [4.78, 5) is 4.23. The van der Waals surface area contributed by atoms with Gasteiger partial charge in [0.15, 0.2) is 5.96 Å². The number of hydrogen-bond donors (Lipinski definition) is 5. The van der Waals surface area contributed by atoms with Gasteiger partial charge in [0, 0.05) is 11.5 Å². The predicted molar refractivity (Wildman–Crippen MR) is 154 cm³/mol. The standard InChI is InChI=1S/C30H35N3O6S/c1-2-20-18-28(40(36,37)38)24(11-16-27(35)22-7-12-25(34)13-8-22)17-19-3-5-23(6-4-19)29(33-30(31)32)39-26-14-9-21(20)10-15-26/h3-16,20,24,27-29,34-35H,2,17-18H2,1H3,(H4,31,32,33)(H,36,37,38). The summed E-state index contributed by atoms with van der Waals surface area (Å²) >= 11 is 0. The molecule has 40 heavy (non-hydrogen) atoms. The summed E-state index contributed by atoms with van der Waals surface area (Å²) in [5.41, 5.74) is 14.3. The van der Waals surface area contributed by atoms with Crippen LogP contribution < -0.4 is 16.2 Å². The number of phenolic OH excluding ortho intramolecular Hbond substituents is 1. The molecule has 7 rings (SSSR count). The molecular formula is C30H35N3O6S. The summed E-state index contributed by atoms with van der Waals surface area (Å²) in [7, 11) is -4.48. The number of benzene rings is 3. The lowest BCUT2D eigenvalue weighted by Gasteiger charge is -2.27. The van der Waals surface area contributed by atoms with Crippen molar-refractivity contribution in [3.8, 4) is 11.5 Å². The summed E-state index contributed by atoms with van der Waals surface area (Å²) < 4.78 is 42.2. The molecule has 212 valence electrons. The molecule has 0 spiro atoms. The van der Waals surface area contributed by atoms with Crippen LogP contribution in [0.4, 0.5) is 0 Å². The van der Waals surface area contributed by atoms with Crippen LogP contribution in [0, 0.1) is 5.92 Å². The van der Waals surface area contributed by atoms with Crippen molar-refractivity contribution >= 4 is 16.1 Å². The lowest BCUT2D eigenvalue weighted by Crippen LogP contribution is -2.32. The average molecular weight is 566 g/mol. The van der Waals surface area contributed by atoms with Crippen LogP contribution in [0.1, 0.15) is 60.3 Å². The molecular weight excluding hydrogens is 530 g/mol. The Hall–Kier alpha value is -3.86. The molecule has 10 heteroatoms. The number of nitrogens with two attached hydrogens (primary N) is 2. The van der Waals surface area contributed by atoms with E-state index in [9.17, 15) is 23.2 Å². The van der Waals surface area contributed by atoms with Gasteiger partial charge in [-0.05, 0) is 66.1 Å². The van der Waals surface area contributed by atoms with Crippen molar-refractivity contribution in [1.29, 1.82) is 0 Å². The molecule has 0 saturated carbocycles. The first kappa shape index (κ1) is 29.1. The zero-order valence-corrected chi connectivity index (χ0v) is 23.0. The van der Waals surface area contributed by atoms with Gasteiger partial charge in [-0.2, -0.15) is 8.42 Å². The number of hydrogen-bond acceptors (Lipinski definition) is 6. The molecule has 0 saturated heterocycles. The van der Waals surface area contributed by atoms with Crippen LogP contribution in [-0.4, -0.2) is 34.4 Å². The second-order valence-corrected chi connectivity index (χ2v) is 11.7. The van der Waals surface area contributed by atoms with Crippen LogP contribution in [0.5, 0.6) is 11.5 Å². The number of rotatable bonds is 6. The van der Waals surface area contributed by atoms with E-state index >= 15 is 0 Å². The maximum atomic E-state index is 12.8. The molecule has 4 aliphatic rings. The van der Waals surface area contributed by atoms with E-state index in [-0.39, 0.29) is 30.5 Å². The number of ether oxygens (including phenoxy) is 1. The molecule has 9 nitrogen and oxygen atoms in total. The summed E-state index contributed by atoms with van der Waals surface area (Å²) in [5, 5.41) is 19.2. The third-order valence-electron chi connectivity index (χ3n) is 7.25. The SMILES string of the molecule is CCC1CC(S(=O)(=O)O)C(C=CC(O)c2ccc(O)cc2)Cc2ccc(cc2)C(N=C(N)N)Oc2ccc1cc2. The number of aromatic hydroxyl groups is 1. The molecule has 0 aliphatic carbocycles. The highest BCUT2D eigenvalue weighted by atomic mass is 32.2. The number of aliphatic hydroxyl groups excluding tert-OH is 1. The first-order valence-electron chi connectivity index (χ1n) is 13.1. The van der Waals surface area contributed by atoms with E-state index in [0.29, 0.717) is 23.3 Å². The van der Waals surface area contributed by atoms with Crippen molar-refractivity contribution in [2.75, 3.05) is 0 Å². The molecule has 3 aromatic carbocycles. The summed E-state index contributed by atoms with van der Waals surface area (Å²) in [6.45, 7) is 1.97. The normalized spacial score (nSPS) is 22.3. The highest BCUT2D eigenvalue weighted by Crippen LogP contribution is 2.35. The smallest absolute Gasteiger partial charge is 0.268 e. The first-order chi connectivity index (χ1) is 19.0. The summed E-state index contributed by atoms with van der Waals surface area (Å²) in [5.74, 6) is -0.330. The molecule has 3 aromatic rings. The molecule has 0 amide bonds. The largest absolute Gasteiger partial charge is 0.508 e. The van der Waals surface area contributed by atoms with Crippen LogP contribution in [0.2, 0.25) is 0 Å². The van der Waals surface area contributed by atoms with Crippen molar-refractivity contribution in [1.82, 2.24) is 0 Å². The Labute approximate surface area is 234 Å². The molecule has 0 fully saturated rings. The van der Waals surface area contributed by atoms with Crippen molar-refractivity contribution in [2.24, 2.45) is 22.4 Å². The number of aliphatic imine (C=N–C) groups is 1. The Balaban J connectivity index is 1.79. The number of phenols is 1. The van der Waals surface area contributed by atoms with Gasteiger partial charge in [0.25, 0.3) is 10.1 Å². The molecule has 7 N–H and O–H groups in total. The molecule has 5 unspecified atom stereocenters. The number of aliphatic hydroxyl groups is 1. The maximum absolute atomic E-state index is 12.8. The van der Waals surface area contributed by atoms with Crippen LogP contribution in [0.3, 0.4) is 0 Å². The van der Waals surface area contributed by atoms with E-state index in [1.165, 1.54) is 18.2 Å². The maximum Gasteiger partial charge on any atom is 0.268 e. The number of allylic oxidation sites excluding steroid dienone is 1. The van der Waals surface area contributed by atoms with Gasteiger partial charge in [0.05, 0.1) is 11.4 Å². The van der Waals surface area contributed by atoms with Crippen molar-refractivity contribution in [2.45, 2.75) is 49.7 Å². The zero-order valence-electron chi connectivity index (χ0n) is 22.2. The summed E-state index contributed by atoms with van der Waals surface area (Å²) in [6, 6.07) is 20.7. The van der Waals surface area contributed by atoms with Crippen molar-refractivity contribution in [3.05, 3.63) is 107 Å². The van der Waals surface area contributed by atoms with Gasteiger partial charge in [-0.1, -0.05) is 67.6 Å². The van der Waals surface area contributed by atoms with Gasteiger partial charge in [0.1, 0.15) is 11.5 Å². The monoisotopic (exact) mass is 565 g/mol. The fourth-order valence-electron chi connectivity index (χ4n) is 5.03. The number of nitrogens with zero attached hydrogens (tertiary/aromatic N) is 1. The van der Waals surface area contributed by atoms with E-state index in [1.807, 2.05) is 43.3 Å². The van der Waals surface area contributed by atoms with Crippen molar-refractivity contribution in [3.63, 3.8) is 0 Å². The first-order valence-corrected chi connectivity index (χ1v) is 14.6. The molecule has 5 atom stereocenters. The Morgan fingerprint density at radius 2 is 1.65 bits per heavy atom. The number of guanidine groups is 1. The predicted octanol–water partition coefficient (Wildman–Crippen LogP) is 4.35. The Morgan fingerprint density at radius 1 is 1.02 bits per heavy atom. The highest BCUT2D eigenvalue weighted by Gasteiger charge is 2.34. The summed E-state index contributed by atoms with van der Waals surface area (Å²) in [6.07, 6.45) is 2.47. The lowest BCUT2D eigenvalue weighted by molar-refractivity contribution is 0.216. The minimum atomic E-state index is -4.48. The fraction of sp³-hybridized carbons (Fsp3) is 0.300. The Kier molecular flexibility index (Phi) is 9.14. The molecule has 0 radical (unpaired) electrons. The van der Waals surface area contributed by atoms with E-state index < -0.39 is 33.6 Å². The second-order valence-electron chi connectivity index (χ2n) is 10.0. The minimum absolute atomic E-state index is 0.0720. The molecule has 4 aliphatic heterocycles. The highest BCUT2D eigenvalue weighted by molar-refractivity contribution is 7.86. The van der Waals surface area contributed by atoms with Crippen LogP contribution in [0.15, 0.2) is 89.9 Å². The molecule has 0 aromatic heterocycles. The second kappa shape index (κ2) is 12.5. The Bertz CT molecular complexity index is 1430. The molecule has 4 bridgehead atoms. The van der Waals surface area contributed by atoms with E-state index in [2.05, 4.69) is 4.99 Å². The topological polar surface area (TPSA) is 168 Å². The van der Waals surface area contributed by atoms with Gasteiger partial charge < -0.3 is 26.4 Å². The Morgan fingerprint density at radius 3 is 2.23 bits per heavy atom. The van der Waals surface area contributed by atoms with Crippen LogP contribution in [-0.2, 0) is 16.5 Å². The van der Waals surface area contributed by atoms with Gasteiger partial charge in [-0.15, -0.1) is 0 Å². The van der Waals surface area contributed by atoms with Crippen LogP contribution >= 0.6 is 0 Å². The van der Waals surface area contributed by atoms with E-state index in [4.69, 9.17) is 16.2 Å². The fourth-order valence-corrected chi connectivity index (χ4v) is 6.14. The minimum Gasteiger partial charge on any atom is -0.508 e. The molecule has 4 heterocycles. The quantitative estimate of drug-likeness (QED) is 0.127. The van der Waals surface area contributed by atoms with Gasteiger partial charge in [-0.25, -0.2) is 4.99 Å². The van der Waals surface area contributed by atoms with E-state index in [0.717, 1.165) is 11.1 Å². The average Bonchev–Trinajstić information content (AvgIpc) is 2.92. The zero-order chi connectivity index (χ0) is 28.9. The van der Waals surface area contributed by atoms with Crippen molar-refractivity contribution < 1.29 is 27.9 Å². The van der Waals surface area contributed by atoms with Gasteiger partial charge in [-0.3, -0.25) is 4.55 Å². The van der Waals surface area contributed by atoms with Gasteiger partial charge in [0.2, 0.25) is 6.23 Å². The van der Waals surface area contributed by atoms with Crippen LogP contribution in [0.25, 0.3) is 0 Å². The van der Waals surface area contributed by atoms with Gasteiger partial charge >= 0.3 is 0 Å².